The number of fused-ring (bicyclic) bond motifs is 1. The van der Waals surface area contributed by atoms with Crippen molar-refractivity contribution < 1.29 is 23.1 Å². The standard InChI is InChI=1S/C17H23NO5S/c1-11(24(2,22)23)16(19)18-15(17(20)21)10-13-8-5-7-12-6-3-4-9-14(12)13/h3-4,6,9,11,13,15H,5,7-8,10H2,1-2H3,(H,18,19)(H,20,21). The highest BCUT2D eigenvalue weighted by molar-refractivity contribution is 7.92. The second-order valence-corrected chi connectivity index (χ2v) is 8.76. The molecule has 1 aromatic rings. The van der Waals surface area contributed by atoms with Gasteiger partial charge in [0.1, 0.15) is 11.3 Å². The molecule has 6 nitrogen and oxygen atoms in total. The molecule has 0 saturated heterocycles. The molecule has 1 amide bonds. The maximum Gasteiger partial charge on any atom is 0.326 e. The molecule has 1 aliphatic rings. The number of carbonyl (C=O) groups excluding carboxylic acids is 1. The monoisotopic (exact) mass is 353 g/mol. The Labute approximate surface area is 142 Å². The first-order valence-electron chi connectivity index (χ1n) is 8.00. The van der Waals surface area contributed by atoms with Gasteiger partial charge in [-0.3, -0.25) is 4.79 Å². The normalized spacial score (nSPS) is 19.8. The van der Waals surface area contributed by atoms with E-state index in [4.69, 9.17) is 0 Å². The van der Waals surface area contributed by atoms with Gasteiger partial charge in [-0.1, -0.05) is 24.3 Å². The van der Waals surface area contributed by atoms with Crippen LogP contribution in [0, 0.1) is 0 Å². The minimum absolute atomic E-state index is 0.0462. The van der Waals surface area contributed by atoms with Crippen molar-refractivity contribution in [2.24, 2.45) is 0 Å². The van der Waals surface area contributed by atoms with E-state index >= 15 is 0 Å². The van der Waals surface area contributed by atoms with Crippen LogP contribution in [0.3, 0.4) is 0 Å². The third kappa shape index (κ3) is 4.35. The highest BCUT2D eigenvalue weighted by Crippen LogP contribution is 2.34. The predicted molar refractivity (Wildman–Crippen MR) is 90.6 cm³/mol. The summed E-state index contributed by atoms with van der Waals surface area (Å²) >= 11 is 0. The summed E-state index contributed by atoms with van der Waals surface area (Å²) in [6, 6.07) is 6.83. The van der Waals surface area contributed by atoms with Crippen LogP contribution in [0.1, 0.15) is 43.2 Å². The van der Waals surface area contributed by atoms with E-state index in [1.807, 2.05) is 24.3 Å². The topological polar surface area (TPSA) is 101 Å². The van der Waals surface area contributed by atoms with Crippen LogP contribution in [0.15, 0.2) is 24.3 Å². The van der Waals surface area contributed by atoms with Crippen LogP contribution in [0.5, 0.6) is 0 Å². The summed E-state index contributed by atoms with van der Waals surface area (Å²) in [4.78, 5) is 23.6. The molecule has 0 aromatic heterocycles. The van der Waals surface area contributed by atoms with E-state index in [0.29, 0.717) is 0 Å². The fraction of sp³-hybridized carbons (Fsp3) is 0.529. The number of sulfone groups is 1. The van der Waals surface area contributed by atoms with Gasteiger partial charge in [0.05, 0.1) is 0 Å². The van der Waals surface area contributed by atoms with Crippen molar-refractivity contribution in [1.82, 2.24) is 5.32 Å². The Kier molecular flexibility index (Phi) is 5.64. The summed E-state index contributed by atoms with van der Waals surface area (Å²) in [5.74, 6) is -1.87. The van der Waals surface area contributed by atoms with Gasteiger partial charge in [-0.05, 0) is 49.7 Å². The van der Waals surface area contributed by atoms with Gasteiger partial charge in [-0.2, -0.15) is 0 Å². The number of aryl methyl sites for hydroxylation is 1. The number of benzene rings is 1. The van der Waals surface area contributed by atoms with Crippen LogP contribution in [0.4, 0.5) is 0 Å². The SMILES string of the molecule is CC(C(=O)NC(CC1CCCc2ccccc21)C(=O)O)S(C)(=O)=O. The van der Waals surface area contributed by atoms with Crippen LogP contribution >= 0.6 is 0 Å². The zero-order chi connectivity index (χ0) is 17.9. The largest absolute Gasteiger partial charge is 0.480 e. The molecule has 0 fully saturated rings. The van der Waals surface area contributed by atoms with Crippen molar-refractivity contribution in [2.75, 3.05) is 6.26 Å². The molecule has 0 saturated carbocycles. The number of amides is 1. The average Bonchev–Trinajstić information content (AvgIpc) is 2.52. The van der Waals surface area contributed by atoms with Gasteiger partial charge in [0.2, 0.25) is 5.91 Å². The first-order valence-corrected chi connectivity index (χ1v) is 9.95. The number of carboxylic acids is 1. The summed E-state index contributed by atoms with van der Waals surface area (Å²) in [5, 5.41) is 10.5. The quantitative estimate of drug-likeness (QED) is 0.807. The second-order valence-electron chi connectivity index (χ2n) is 6.39. The van der Waals surface area contributed by atoms with Crippen LogP contribution in [0.25, 0.3) is 0 Å². The van der Waals surface area contributed by atoms with Crippen LogP contribution < -0.4 is 5.32 Å². The van der Waals surface area contributed by atoms with Gasteiger partial charge in [-0.15, -0.1) is 0 Å². The van der Waals surface area contributed by atoms with Gasteiger partial charge in [-0.25, -0.2) is 13.2 Å². The summed E-state index contributed by atoms with van der Waals surface area (Å²) in [5.41, 5.74) is 2.34. The summed E-state index contributed by atoms with van der Waals surface area (Å²) < 4.78 is 22.9. The van der Waals surface area contributed by atoms with Crippen molar-refractivity contribution in [2.45, 2.75) is 49.8 Å². The lowest BCUT2D eigenvalue weighted by Gasteiger charge is -2.28. The molecule has 1 aromatic carbocycles. The lowest BCUT2D eigenvalue weighted by Crippen LogP contribution is -2.47. The highest BCUT2D eigenvalue weighted by Gasteiger charge is 2.31. The van der Waals surface area contributed by atoms with E-state index in [9.17, 15) is 23.1 Å². The average molecular weight is 353 g/mol. The molecule has 7 heteroatoms. The van der Waals surface area contributed by atoms with Crippen LogP contribution in [-0.4, -0.2) is 42.9 Å². The number of hydrogen-bond donors (Lipinski definition) is 2. The number of nitrogens with one attached hydrogen (secondary N) is 1. The lowest BCUT2D eigenvalue weighted by atomic mass is 9.79. The van der Waals surface area contributed by atoms with Gasteiger partial charge in [0, 0.05) is 6.26 Å². The zero-order valence-corrected chi connectivity index (χ0v) is 14.7. The Hall–Kier alpha value is -1.89. The van der Waals surface area contributed by atoms with Crippen molar-refractivity contribution in [3.63, 3.8) is 0 Å². The molecule has 3 atom stereocenters. The number of carbonyl (C=O) groups is 2. The maximum absolute atomic E-state index is 12.0. The molecule has 0 radical (unpaired) electrons. The van der Waals surface area contributed by atoms with Gasteiger partial charge < -0.3 is 10.4 Å². The van der Waals surface area contributed by atoms with E-state index in [1.54, 1.807) is 0 Å². The Bertz CT molecular complexity index is 728. The maximum atomic E-state index is 12.0. The van der Waals surface area contributed by atoms with Crippen molar-refractivity contribution in [3.8, 4) is 0 Å². The van der Waals surface area contributed by atoms with E-state index < -0.39 is 33.0 Å². The molecule has 0 aliphatic heterocycles. The molecule has 1 aliphatic carbocycles. The molecule has 0 spiro atoms. The number of aliphatic carboxylic acids is 1. The Morgan fingerprint density at radius 1 is 1.33 bits per heavy atom. The minimum atomic E-state index is -3.56. The molecule has 0 bridgehead atoms. The fourth-order valence-corrected chi connectivity index (χ4v) is 3.55. The third-order valence-corrected chi connectivity index (χ3v) is 6.14. The van der Waals surface area contributed by atoms with Crippen LogP contribution in [0.2, 0.25) is 0 Å². The molecular formula is C17H23NO5S. The lowest BCUT2D eigenvalue weighted by molar-refractivity contribution is -0.142. The zero-order valence-electron chi connectivity index (χ0n) is 13.9. The number of rotatable bonds is 6. The van der Waals surface area contributed by atoms with Crippen molar-refractivity contribution in [3.05, 3.63) is 35.4 Å². The van der Waals surface area contributed by atoms with Gasteiger partial charge in [0.25, 0.3) is 0 Å². The van der Waals surface area contributed by atoms with E-state index in [2.05, 4.69) is 5.32 Å². The fourth-order valence-electron chi connectivity index (χ4n) is 3.09. The Morgan fingerprint density at radius 2 is 2.00 bits per heavy atom. The summed E-state index contributed by atoms with van der Waals surface area (Å²) in [6.45, 7) is 1.26. The minimum Gasteiger partial charge on any atom is -0.480 e. The summed E-state index contributed by atoms with van der Waals surface area (Å²) in [6.07, 6.45) is 4.03. The first-order chi connectivity index (χ1) is 11.2. The van der Waals surface area contributed by atoms with E-state index in [1.165, 1.54) is 12.5 Å². The number of carboxylic acid groups (broad SMARTS) is 1. The molecule has 132 valence electrons. The predicted octanol–water partition coefficient (Wildman–Crippen LogP) is 1.50. The molecular weight excluding hydrogens is 330 g/mol. The molecule has 2 N–H and O–H groups in total. The van der Waals surface area contributed by atoms with Gasteiger partial charge in [0.15, 0.2) is 9.84 Å². The molecule has 2 rings (SSSR count). The van der Waals surface area contributed by atoms with E-state index in [0.717, 1.165) is 31.1 Å². The Balaban J connectivity index is 2.13. The molecule has 24 heavy (non-hydrogen) atoms. The highest BCUT2D eigenvalue weighted by atomic mass is 32.2. The number of hydrogen-bond acceptors (Lipinski definition) is 4. The molecule has 0 heterocycles. The summed E-state index contributed by atoms with van der Waals surface area (Å²) in [7, 11) is -3.56. The van der Waals surface area contributed by atoms with E-state index in [-0.39, 0.29) is 12.3 Å². The smallest absolute Gasteiger partial charge is 0.326 e. The van der Waals surface area contributed by atoms with Crippen LogP contribution in [-0.2, 0) is 25.8 Å². The molecule has 3 unspecified atom stereocenters. The van der Waals surface area contributed by atoms with Gasteiger partial charge >= 0.3 is 5.97 Å². The first kappa shape index (κ1) is 18.4. The van der Waals surface area contributed by atoms with Crippen molar-refractivity contribution >= 4 is 21.7 Å². The second kappa shape index (κ2) is 7.34. The Morgan fingerprint density at radius 3 is 2.62 bits per heavy atom. The third-order valence-electron chi connectivity index (χ3n) is 4.64. The van der Waals surface area contributed by atoms with Crippen molar-refractivity contribution in [1.29, 1.82) is 0 Å².